The molecule has 3 aromatic rings. The smallest absolute Gasteiger partial charge is 0.493 e. The zero-order chi connectivity index (χ0) is 28.1. The molecule has 2 aliphatic carbocycles. The maximum Gasteiger partial charge on any atom is 0.597 e. The topological polar surface area (TPSA) is 38.5 Å². The predicted molar refractivity (Wildman–Crippen MR) is 163 cm³/mol. The molecule has 0 saturated heterocycles. The van der Waals surface area contributed by atoms with Gasteiger partial charge in [-0.05, 0) is 70.2 Å². The lowest BCUT2D eigenvalue weighted by molar-refractivity contribution is -0.449. The molecule has 3 atom stereocenters. The molecule has 4 aliphatic rings. The molecular weight excluding hydrogens is 506 g/mol. The SMILES string of the molecule is CC1CCC(C(C)(C)c2ccccc2)C(OC(=O)[N+]2=C(c3ccc4c(c3)CCO4)C3=C(CC2)c2ccccc2C3)C1. The van der Waals surface area contributed by atoms with Gasteiger partial charge in [-0.3, -0.25) is 0 Å². The second-order valence-corrected chi connectivity index (χ2v) is 13.0. The van der Waals surface area contributed by atoms with Crippen LogP contribution >= 0.6 is 0 Å². The van der Waals surface area contributed by atoms with E-state index in [1.165, 1.54) is 39.8 Å². The van der Waals surface area contributed by atoms with Gasteiger partial charge in [-0.1, -0.05) is 81.8 Å². The summed E-state index contributed by atoms with van der Waals surface area (Å²) in [5, 5.41) is 0. The molecule has 41 heavy (non-hydrogen) atoms. The van der Waals surface area contributed by atoms with E-state index in [-0.39, 0.29) is 23.5 Å². The van der Waals surface area contributed by atoms with Gasteiger partial charge >= 0.3 is 6.09 Å². The number of hydrogen-bond acceptors (Lipinski definition) is 3. The van der Waals surface area contributed by atoms with Gasteiger partial charge in [0.2, 0.25) is 5.71 Å². The molecule has 7 rings (SSSR count). The van der Waals surface area contributed by atoms with Crippen LogP contribution in [0.5, 0.6) is 5.75 Å². The Bertz CT molecular complexity index is 1560. The van der Waals surface area contributed by atoms with E-state index in [0.29, 0.717) is 12.5 Å². The minimum absolute atomic E-state index is 0.0937. The number of rotatable bonds is 4. The fourth-order valence-corrected chi connectivity index (χ4v) is 7.84. The van der Waals surface area contributed by atoms with Crippen molar-refractivity contribution in [3.8, 4) is 5.75 Å². The molecule has 210 valence electrons. The second-order valence-electron chi connectivity index (χ2n) is 13.0. The lowest BCUT2D eigenvalue weighted by atomic mass is 9.64. The zero-order valence-electron chi connectivity index (χ0n) is 24.5. The maximum atomic E-state index is 14.3. The van der Waals surface area contributed by atoms with E-state index in [1.807, 2.05) is 4.58 Å². The fraction of sp³-hybridized carbons (Fsp3) is 0.405. The van der Waals surface area contributed by atoms with E-state index in [9.17, 15) is 4.79 Å². The molecule has 1 saturated carbocycles. The van der Waals surface area contributed by atoms with Gasteiger partial charge in [-0.25, -0.2) is 0 Å². The van der Waals surface area contributed by atoms with E-state index in [4.69, 9.17) is 9.47 Å². The van der Waals surface area contributed by atoms with Gasteiger partial charge in [0.15, 0.2) is 6.54 Å². The van der Waals surface area contributed by atoms with Crippen LogP contribution in [0.25, 0.3) is 5.57 Å². The monoisotopic (exact) mass is 546 g/mol. The first-order valence-corrected chi connectivity index (χ1v) is 15.4. The second kappa shape index (κ2) is 10.3. The van der Waals surface area contributed by atoms with E-state index in [2.05, 4.69) is 93.6 Å². The van der Waals surface area contributed by atoms with Crippen molar-refractivity contribution in [3.05, 3.63) is 106 Å². The molecule has 0 spiro atoms. The average Bonchev–Trinajstić information content (AvgIpc) is 3.61. The summed E-state index contributed by atoms with van der Waals surface area (Å²) in [4.78, 5) is 14.3. The van der Waals surface area contributed by atoms with Crippen molar-refractivity contribution >= 4 is 17.4 Å². The Morgan fingerprint density at radius 2 is 1.73 bits per heavy atom. The molecule has 0 aromatic heterocycles. The van der Waals surface area contributed by atoms with Gasteiger partial charge in [-0.2, -0.15) is 4.79 Å². The summed E-state index contributed by atoms with van der Waals surface area (Å²) in [6.07, 6.45) is 5.42. The van der Waals surface area contributed by atoms with Crippen LogP contribution in [0, 0.1) is 11.8 Å². The molecule has 4 nitrogen and oxygen atoms in total. The van der Waals surface area contributed by atoms with Crippen molar-refractivity contribution in [3.63, 3.8) is 0 Å². The third-order valence-electron chi connectivity index (χ3n) is 10.1. The van der Waals surface area contributed by atoms with Crippen molar-refractivity contribution in [2.45, 2.75) is 70.8 Å². The summed E-state index contributed by atoms with van der Waals surface area (Å²) in [5.41, 5.74) is 9.88. The molecular formula is C37H40NO3+. The van der Waals surface area contributed by atoms with E-state index in [0.717, 1.165) is 55.7 Å². The van der Waals surface area contributed by atoms with Gasteiger partial charge in [0, 0.05) is 36.3 Å². The third-order valence-corrected chi connectivity index (χ3v) is 10.1. The highest BCUT2D eigenvalue weighted by molar-refractivity contribution is 6.17. The number of fused-ring (bicyclic) bond motifs is 3. The van der Waals surface area contributed by atoms with Crippen molar-refractivity contribution in [1.82, 2.24) is 0 Å². The lowest BCUT2D eigenvalue weighted by Crippen LogP contribution is -2.45. The molecule has 0 bridgehead atoms. The molecule has 2 heterocycles. The first kappa shape index (κ1) is 26.3. The molecule has 3 unspecified atom stereocenters. The van der Waals surface area contributed by atoms with E-state index >= 15 is 0 Å². The molecule has 1 amide bonds. The normalized spacial score (nSPS) is 23.5. The largest absolute Gasteiger partial charge is 0.597 e. The van der Waals surface area contributed by atoms with Crippen molar-refractivity contribution in [1.29, 1.82) is 0 Å². The summed E-state index contributed by atoms with van der Waals surface area (Å²) in [7, 11) is 0. The van der Waals surface area contributed by atoms with Crippen molar-refractivity contribution in [2.24, 2.45) is 11.8 Å². The summed E-state index contributed by atoms with van der Waals surface area (Å²) >= 11 is 0. The van der Waals surface area contributed by atoms with Crippen LogP contribution < -0.4 is 4.74 Å². The summed E-state index contributed by atoms with van der Waals surface area (Å²) in [5.74, 6) is 1.77. The van der Waals surface area contributed by atoms with Gasteiger partial charge in [0.1, 0.15) is 11.9 Å². The number of allylic oxidation sites excluding steroid dienone is 1. The number of benzene rings is 3. The number of nitrogens with zero attached hydrogens (tertiary/aromatic N) is 1. The Balaban J connectivity index is 1.27. The third kappa shape index (κ3) is 4.62. The van der Waals surface area contributed by atoms with Crippen LogP contribution in [0.1, 0.15) is 74.3 Å². The molecule has 4 heteroatoms. The first-order chi connectivity index (χ1) is 19.9. The molecule has 2 aliphatic heterocycles. The highest BCUT2D eigenvalue weighted by atomic mass is 16.6. The van der Waals surface area contributed by atoms with E-state index in [1.54, 1.807) is 0 Å². The first-order valence-electron chi connectivity index (χ1n) is 15.4. The highest BCUT2D eigenvalue weighted by Gasteiger charge is 2.45. The predicted octanol–water partition coefficient (Wildman–Crippen LogP) is 7.76. The van der Waals surface area contributed by atoms with Gasteiger partial charge < -0.3 is 9.47 Å². The summed E-state index contributed by atoms with van der Waals surface area (Å²) in [6.45, 7) is 8.29. The summed E-state index contributed by atoms with van der Waals surface area (Å²) in [6, 6.07) is 25.9. The van der Waals surface area contributed by atoms with Gasteiger partial charge in [-0.15, -0.1) is 4.58 Å². The Kier molecular flexibility index (Phi) is 6.60. The molecule has 0 N–H and O–H groups in total. The Morgan fingerprint density at radius 1 is 0.927 bits per heavy atom. The van der Waals surface area contributed by atoms with Crippen LogP contribution in [0.4, 0.5) is 4.79 Å². The Hall–Kier alpha value is -3.66. The average molecular weight is 547 g/mol. The molecule has 3 aromatic carbocycles. The number of carbonyl (C=O) groups is 1. The van der Waals surface area contributed by atoms with Crippen molar-refractivity contribution in [2.75, 3.05) is 13.2 Å². The summed E-state index contributed by atoms with van der Waals surface area (Å²) < 4.78 is 14.4. The zero-order valence-corrected chi connectivity index (χ0v) is 24.5. The highest BCUT2D eigenvalue weighted by Crippen LogP contribution is 2.44. The number of ether oxygens (including phenoxy) is 2. The lowest BCUT2D eigenvalue weighted by Gasteiger charge is -2.43. The maximum absolute atomic E-state index is 14.3. The Morgan fingerprint density at radius 3 is 2.59 bits per heavy atom. The van der Waals surface area contributed by atoms with Crippen molar-refractivity contribution < 1.29 is 18.8 Å². The number of hydrogen-bond donors (Lipinski definition) is 0. The van der Waals surface area contributed by atoms with Gasteiger partial charge in [0.25, 0.3) is 0 Å². The van der Waals surface area contributed by atoms with Gasteiger partial charge in [0.05, 0.1) is 6.61 Å². The Labute approximate surface area is 243 Å². The van der Waals surface area contributed by atoms with Crippen LogP contribution in [0.3, 0.4) is 0 Å². The molecule has 1 fully saturated rings. The standard InChI is InChI=1S/C37H40NO3/c1-24-13-15-32(37(2,3)28-10-5-4-6-11-28)34(21-24)41-36(39)38-19-17-30-29-12-8-7-9-25(29)23-31(30)35(38)27-14-16-33-26(22-27)18-20-40-33/h4-12,14,16,22,24,32,34H,13,15,17-21,23H2,1-3H3/q+1. The van der Waals surface area contributed by atoms with E-state index < -0.39 is 0 Å². The number of amides is 1. The quantitative estimate of drug-likeness (QED) is 0.314. The van der Waals surface area contributed by atoms with Crippen LogP contribution in [-0.4, -0.2) is 35.6 Å². The van der Waals surface area contributed by atoms with Crippen LogP contribution in [0.2, 0.25) is 0 Å². The number of carbonyl (C=O) groups excluding carboxylic acids is 1. The fourth-order valence-electron chi connectivity index (χ4n) is 7.84. The minimum atomic E-state index is -0.202. The van der Waals surface area contributed by atoms with Crippen LogP contribution in [-0.2, 0) is 23.0 Å². The molecule has 0 radical (unpaired) electrons. The minimum Gasteiger partial charge on any atom is -0.493 e. The van der Waals surface area contributed by atoms with Crippen LogP contribution in [0.15, 0.2) is 78.4 Å².